The van der Waals surface area contributed by atoms with Crippen molar-refractivity contribution in [2.45, 2.75) is 0 Å². The smallest absolute Gasteiger partial charge is 1.00 e. The summed E-state index contributed by atoms with van der Waals surface area (Å²) in [4.78, 5) is 0. The largest absolute Gasteiger partial charge is 1.00 e. The van der Waals surface area contributed by atoms with E-state index in [2.05, 4.69) is 0 Å². The van der Waals surface area contributed by atoms with Gasteiger partial charge in [-0.15, -0.1) is 0 Å². The summed E-state index contributed by atoms with van der Waals surface area (Å²) < 4.78 is 0. The van der Waals surface area contributed by atoms with Crippen LogP contribution in [0.4, 0.5) is 0 Å². The van der Waals surface area contributed by atoms with Crippen LogP contribution in [0.3, 0.4) is 0 Å². The van der Waals surface area contributed by atoms with Gasteiger partial charge in [0.15, 0.2) is 0 Å². The molecule has 0 aromatic carbocycles. The van der Waals surface area contributed by atoms with Crippen LogP contribution in [0.25, 0.3) is 0 Å². The van der Waals surface area contributed by atoms with Crippen LogP contribution in [0.15, 0.2) is 0 Å². The second-order valence-corrected chi connectivity index (χ2v) is 0.346. The molecule has 0 bridgehead atoms. The second-order valence-electron chi connectivity index (χ2n) is 0.346. The van der Waals surface area contributed by atoms with Gasteiger partial charge in [-0.3, -0.25) is 0 Å². The molecule has 26 valence electrons. The minimum Gasteiger partial charge on any atom is -1.00 e. The molecule has 3 N–H and O–H groups in total. The molecule has 0 aromatic heterocycles. The molecule has 5 heavy (non-hydrogen) atoms. The summed E-state index contributed by atoms with van der Waals surface area (Å²) in [5.74, 6) is 0. The minimum atomic E-state index is -2.17. The predicted molar refractivity (Wildman–Crippen MR) is 13.5 cm³/mol. The first-order chi connectivity index (χ1) is 1.73. The molecular formula is H4BCsO3. The average Bonchev–Trinajstić information content (AvgIpc) is 0.811. The quantitative estimate of drug-likeness (QED) is 0.340. The number of hydrogen-bond acceptors (Lipinski definition) is 3. The van der Waals surface area contributed by atoms with Crippen molar-refractivity contribution < 1.29 is 85.4 Å². The van der Waals surface area contributed by atoms with Crippen molar-refractivity contribution in [3.63, 3.8) is 0 Å². The molecule has 0 atom stereocenters. The third-order valence-corrected chi connectivity index (χ3v) is 0. The minimum absolute atomic E-state index is 0. The van der Waals surface area contributed by atoms with Crippen molar-refractivity contribution in [3.05, 3.63) is 0 Å². The molecule has 5 heteroatoms. The van der Waals surface area contributed by atoms with Gasteiger partial charge in [0, 0.05) is 0 Å². The normalized spacial score (nSPS) is 5.40. The van der Waals surface area contributed by atoms with E-state index >= 15 is 0 Å². The Morgan fingerprint density at radius 3 is 1.20 bits per heavy atom. The Labute approximate surface area is 90.5 Å². The van der Waals surface area contributed by atoms with Gasteiger partial charge in [0.1, 0.15) is 0 Å². The van der Waals surface area contributed by atoms with Crippen LogP contribution in [-0.2, 0) is 0 Å². The first kappa shape index (κ1) is 10.1. The molecule has 0 rings (SSSR count). The Balaban J connectivity index is -0.0000000450. The summed E-state index contributed by atoms with van der Waals surface area (Å²) >= 11 is 0. The zero-order chi connectivity index (χ0) is 3.58. The van der Waals surface area contributed by atoms with Gasteiger partial charge in [-0.05, 0) is 0 Å². The van der Waals surface area contributed by atoms with Gasteiger partial charge < -0.3 is 16.5 Å². The molecular weight excluding hydrogens is 192 g/mol. The fraction of sp³-hybridized carbons (Fsp3) is 0. The molecule has 0 amide bonds. The molecule has 0 saturated carbocycles. The van der Waals surface area contributed by atoms with Crippen LogP contribution < -0.4 is 68.9 Å². The first-order valence-corrected chi connectivity index (χ1v) is 0.775. The summed E-state index contributed by atoms with van der Waals surface area (Å²) in [6.45, 7) is 0. The average molecular weight is 196 g/mol. The number of hydrogen-bond donors (Lipinski definition) is 3. The fourth-order valence-corrected chi connectivity index (χ4v) is 0. The fourth-order valence-electron chi connectivity index (χ4n) is 0. The van der Waals surface area contributed by atoms with Crippen molar-refractivity contribution in [3.8, 4) is 0 Å². The molecule has 0 spiro atoms. The Morgan fingerprint density at radius 1 is 1.20 bits per heavy atom. The molecule has 3 nitrogen and oxygen atoms in total. The monoisotopic (exact) mass is 196 g/mol. The van der Waals surface area contributed by atoms with E-state index in [-0.39, 0.29) is 70.3 Å². The van der Waals surface area contributed by atoms with E-state index in [1.165, 1.54) is 0 Å². The maximum absolute atomic E-state index is 7.17. The molecule has 0 aliphatic carbocycles. The molecule has 0 aromatic rings. The maximum Gasteiger partial charge on any atom is 1.00 e. The third-order valence-electron chi connectivity index (χ3n) is 0. The van der Waals surface area contributed by atoms with Gasteiger partial charge in [0.05, 0.1) is 0 Å². The molecule has 0 aliphatic rings. The molecule has 0 heterocycles. The van der Waals surface area contributed by atoms with Crippen LogP contribution in [0.5, 0.6) is 0 Å². The van der Waals surface area contributed by atoms with E-state index < -0.39 is 7.32 Å². The first-order valence-electron chi connectivity index (χ1n) is 0.775. The van der Waals surface area contributed by atoms with Crippen molar-refractivity contribution in [2.75, 3.05) is 0 Å². The zero-order valence-corrected chi connectivity index (χ0v) is 9.20. The Bertz CT molecular complexity index is 15.5. The standard InChI is InChI=1S/BH3O3.Cs.H/c2-1(3)4;;/h2-4H;;/q;+1;-1. The SMILES string of the molecule is OB(O)O.[Cs+].[H-]. The van der Waals surface area contributed by atoms with E-state index in [1.54, 1.807) is 0 Å². The topological polar surface area (TPSA) is 60.7 Å². The Morgan fingerprint density at radius 2 is 1.20 bits per heavy atom. The van der Waals surface area contributed by atoms with Gasteiger partial charge in [-0.25, -0.2) is 0 Å². The Hall–Kier alpha value is 2.00. The second kappa shape index (κ2) is 6.00. The van der Waals surface area contributed by atoms with Crippen LogP contribution in [0.1, 0.15) is 1.43 Å². The maximum atomic E-state index is 7.17. The molecule has 0 fully saturated rings. The summed E-state index contributed by atoms with van der Waals surface area (Å²) in [7, 11) is -2.17. The van der Waals surface area contributed by atoms with Crippen molar-refractivity contribution in [1.82, 2.24) is 0 Å². The van der Waals surface area contributed by atoms with E-state index in [1.807, 2.05) is 0 Å². The summed E-state index contributed by atoms with van der Waals surface area (Å²) in [6.07, 6.45) is 0. The van der Waals surface area contributed by atoms with Crippen LogP contribution in [0, 0.1) is 0 Å². The van der Waals surface area contributed by atoms with Crippen molar-refractivity contribution in [2.24, 2.45) is 0 Å². The third kappa shape index (κ3) is 24.0. The number of rotatable bonds is 0. The van der Waals surface area contributed by atoms with Crippen LogP contribution >= 0.6 is 0 Å². The van der Waals surface area contributed by atoms with E-state index in [9.17, 15) is 0 Å². The van der Waals surface area contributed by atoms with E-state index in [0.717, 1.165) is 0 Å². The van der Waals surface area contributed by atoms with Gasteiger partial charge in [0.2, 0.25) is 0 Å². The van der Waals surface area contributed by atoms with Crippen LogP contribution in [0.2, 0.25) is 0 Å². The Kier molecular flexibility index (Phi) is 12.1. The van der Waals surface area contributed by atoms with Crippen LogP contribution in [-0.4, -0.2) is 22.4 Å². The molecule has 0 radical (unpaired) electrons. The summed E-state index contributed by atoms with van der Waals surface area (Å²) in [6, 6.07) is 0. The molecule has 0 unspecified atom stereocenters. The summed E-state index contributed by atoms with van der Waals surface area (Å²) in [5, 5.41) is 21.5. The van der Waals surface area contributed by atoms with Gasteiger partial charge in [0.25, 0.3) is 0 Å². The molecule has 0 aliphatic heterocycles. The zero-order valence-electron chi connectivity index (χ0n) is 3.92. The van der Waals surface area contributed by atoms with Crippen molar-refractivity contribution in [1.29, 1.82) is 0 Å². The van der Waals surface area contributed by atoms with Gasteiger partial charge >= 0.3 is 76.2 Å². The van der Waals surface area contributed by atoms with E-state index in [0.29, 0.717) is 0 Å². The molecule has 0 saturated heterocycles. The van der Waals surface area contributed by atoms with Gasteiger partial charge in [-0.2, -0.15) is 0 Å². The predicted octanol–water partition coefficient (Wildman–Crippen LogP) is -4.94. The van der Waals surface area contributed by atoms with Gasteiger partial charge in [-0.1, -0.05) is 0 Å². The van der Waals surface area contributed by atoms with E-state index in [4.69, 9.17) is 15.1 Å². The summed E-state index contributed by atoms with van der Waals surface area (Å²) in [5.41, 5.74) is 0. The van der Waals surface area contributed by atoms with Crippen molar-refractivity contribution >= 4 is 7.32 Å².